The standard InChI is InChI=1S/C24H15BrO/c25-19-9-4-8-18(14-19)20-10-5-11-22-21-13-12-17(15-23(21)26-24(20)22)16-6-2-1-3-7-16/h1-15H. The Labute approximate surface area is 160 Å². The van der Waals surface area contributed by atoms with E-state index >= 15 is 0 Å². The highest BCUT2D eigenvalue weighted by Crippen LogP contribution is 2.37. The molecule has 0 spiro atoms. The van der Waals surface area contributed by atoms with E-state index in [4.69, 9.17) is 4.42 Å². The maximum absolute atomic E-state index is 6.32. The summed E-state index contributed by atoms with van der Waals surface area (Å²) >= 11 is 3.56. The van der Waals surface area contributed by atoms with Gasteiger partial charge in [-0.25, -0.2) is 0 Å². The summed E-state index contributed by atoms with van der Waals surface area (Å²) in [4.78, 5) is 0. The minimum absolute atomic E-state index is 0.920. The van der Waals surface area contributed by atoms with E-state index in [9.17, 15) is 0 Å². The molecule has 0 bridgehead atoms. The maximum Gasteiger partial charge on any atom is 0.143 e. The third kappa shape index (κ3) is 2.54. The largest absolute Gasteiger partial charge is 0.455 e. The van der Waals surface area contributed by atoms with Crippen LogP contribution in [0.2, 0.25) is 0 Å². The van der Waals surface area contributed by atoms with Gasteiger partial charge in [0.2, 0.25) is 0 Å². The summed E-state index contributed by atoms with van der Waals surface area (Å²) in [6.45, 7) is 0. The van der Waals surface area contributed by atoms with Crippen molar-refractivity contribution in [3.05, 3.63) is 95.5 Å². The van der Waals surface area contributed by atoms with Crippen LogP contribution in [0.15, 0.2) is 99.9 Å². The molecule has 4 aromatic carbocycles. The van der Waals surface area contributed by atoms with Crippen molar-refractivity contribution in [2.75, 3.05) is 0 Å². The van der Waals surface area contributed by atoms with Gasteiger partial charge in [-0.2, -0.15) is 0 Å². The van der Waals surface area contributed by atoms with Gasteiger partial charge in [-0.1, -0.05) is 82.7 Å². The molecule has 0 aliphatic rings. The van der Waals surface area contributed by atoms with Gasteiger partial charge in [0.25, 0.3) is 0 Å². The van der Waals surface area contributed by atoms with Crippen molar-refractivity contribution in [2.24, 2.45) is 0 Å². The summed E-state index contributed by atoms with van der Waals surface area (Å²) in [5.41, 5.74) is 6.48. The van der Waals surface area contributed by atoms with Gasteiger partial charge >= 0.3 is 0 Å². The zero-order chi connectivity index (χ0) is 17.5. The Balaban J connectivity index is 1.75. The molecule has 0 aliphatic heterocycles. The van der Waals surface area contributed by atoms with Crippen molar-refractivity contribution < 1.29 is 4.42 Å². The topological polar surface area (TPSA) is 13.1 Å². The molecule has 1 nitrogen and oxygen atoms in total. The second-order valence-electron chi connectivity index (χ2n) is 6.37. The van der Waals surface area contributed by atoms with E-state index in [2.05, 4.69) is 94.8 Å². The average molecular weight is 399 g/mol. The second-order valence-corrected chi connectivity index (χ2v) is 7.29. The minimum Gasteiger partial charge on any atom is -0.455 e. The maximum atomic E-state index is 6.32. The van der Waals surface area contributed by atoms with Crippen LogP contribution in [0.25, 0.3) is 44.2 Å². The quantitative estimate of drug-likeness (QED) is 0.297. The SMILES string of the molecule is Brc1cccc(-c2cccc3c2oc2cc(-c4ccccc4)ccc23)c1. The summed E-state index contributed by atoms with van der Waals surface area (Å²) in [5, 5.41) is 2.30. The zero-order valence-electron chi connectivity index (χ0n) is 13.9. The highest BCUT2D eigenvalue weighted by molar-refractivity contribution is 9.10. The number of halogens is 1. The van der Waals surface area contributed by atoms with Crippen LogP contribution < -0.4 is 0 Å². The predicted molar refractivity (Wildman–Crippen MR) is 112 cm³/mol. The van der Waals surface area contributed by atoms with Gasteiger partial charge in [0.05, 0.1) is 0 Å². The fraction of sp³-hybridized carbons (Fsp3) is 0. The molecule has 0 saturated heterocycles. The molecule has 0 unspecified atom stereocenters. The lowest BCUT2D eigenvalue weighted by atomic mass is 10.0. The first kappa shape index (κ1) is 15.4. The summed E-state index contributed by atoms with van der Waals surface area (Å²) < 4.78 is 7.39. The number of rotatable bonds is 2. The summed E-state index contributed by atoms with van der Waals surface area (Å²) in [6.07, 6.45) is 0. The number of para-hydroxylation sites is 1. The Hall–Kier alpha value is -2.84. The molecule has 0 atom stereocenters. The molecule has 0 saturated carbocycles. The normalized spacial score (nSPS) is 11.3. The van der Waals surface area contributed by atoms with Crippen LogP contribution in [0.4, 0.5) is 0 Å². The van der Waals surface area contributed by atoms with Crippen molar-refractivity contribution in [3.63, 3.8) is 0 Å². The molecule has 0 amide bonds. The van der Waals surface area contributed by atoms with E-state index in [1.54, 1.807) is 0 Å². The minimum atomic E-state index is 0.920. The first-order valence-corrected chi connectivity index (χ1v) is 9.35. The Morgan fingerprint density at radius 3 is 2.23 bits per heavy atom. The van der Waals surface area contributed by atoms with Crippen LogP contribution in [0.5, 0.6) is 0 Å². The molecular weight excluding hydrogens is 384 g/mol. The van der Waals surface area contributed by atoms with Crippen LogP contribution in [-0.2, 0) is 0 Å². The molecule has 0 N–H and O–H groups in total. The molecule has 0 aliphatic carbocycles. The number of hydrogen-bond acceptors (Lipinski definition) is 1. The monoisotopic (exact) mass is 398 g/mol. The molecule has 124 valence electrons. The first-order chi connectivity index (χ1) is 12.8. The molecule has 5 aromatic rings. The van der Waals surface area contributed by atoms with Crippen molar-refractivity contribution in [3.8, 4) is 22.3 Å². The lowest BCUT2D eigenvalue weighted by Crippen LogP contribution is -1.78. The van der Waals surface area contributed by atoms with Gasteiger partial charge in [-0.3, -0.25) is 0 Å². The smallest absolute Gasteiger partial charge is 0.143 e. The molecule has 0 radical (unpaired) electrons. The van der Waals surface area contributed by atoms with E-state index in [1.807, 2.05) is 12.1 Å². The van der Waals surface area contributed by atoms with Crippen molar-refractivity contribution in [1.82, 2.24) is 0 Å². The molecule has 26 heavy (non-hydrogen) atoms. The molecule has 0 fully saturated rings. The Kier molecular flexibility index (Phi) is 3.65. The fourth-order valence-corrected chi connectivity index (χ4v) is 3.89. The summed E-state index contributed by atoms with van der Waals surface area (Å²) in [6, 6.07) is 31.5. The first-order valence-electron chi connectivity index (χ1n) is 8.56. The Bertz CT molecular complexity index is 1240. The van der Waals surface area contributed by atoms with Crippen molar-refractivity contribution in [2.45, 2.75) is 0 Å². The van der Waals surface area contributed by atoms with E-state index in [0.29, 0.717) is 0 Å². The van der Waals surface area contributed by atoms with Gasteiger partial charge in [0.1, 0.15) is 11.2 Å². The third-order valence-electron chi connectivity index (χ3n) is 4.74. The van der Waals surface area contributed by atoms with Gasteiger partial charge in [-0.15, -0.1) is 0 Å². The lowest BCUT2D eigenvalue weighted by molar-refractivity contribution is 0.670. The fourth-order valence-electron chi connectivity index (χ4n) is 3.49. The predicted octanol–water partition coefficient (Wildman–Crippen LogP) is 7.68. The van der Waals surface area contributed by atoms with Crippen LogP contribution in [0, 0.1) is 0 Å². The van der Waals surface area contributed by atoms with Gasteiger partial charge < -0.3 is 4.42 Å². The lowest BCUT2D eigenvalue weighted by Gasteiger charge is -2.03. The van der Waals surface area contributed by atoms with E-state index in [1.165, 1.54) is 11.1 Å². The van der Waals surface area contributed by atoms with Gasteiger partial charge in [0, 0.05) is 20.8 Å². The average Bonchev–Trinajstić information content (AvgIpc) is 3.06. The van der Waals surface area contributed by atoms with Crippen LogP contribution >= 0.6 is 15.9 Å². The van der Waals surface area contributed by atoms with Gasteiger partial charge in [0.15, 0.2) is 0 Å². The summed E-state index contributed by atoms with van der Waals surface area (Å²) in [5.74, 6) is 0. The van der Waals surface area contributed by atoms with E-state index in [-0.39, 0.29) is 0 Å². The van der Waals surface area contributed by atoms with E-state index < -0.39 is 0 Å². The highest BCUT2D eigenvalue weighted by Gasteiger charge is 2.13. The van der Waals surface area contributed by atoms with Crippen molar-refractivity contribution in [1.29, 1.82) is 0 Å². The van der Waals surface area contributed by atoms with Crippen LogP contribution in [-0.4, -0.2) is 0 Å². The molecule has 2 heteroatoms. The highest BCUT2D eigenvalue weighted by atomic mass is 79.9. The summed E-state index contributed by atoms with van der Waals surface area (Å²) in [7, 11) is 0. The van der Waals surface area contributed by atoms with E-state index in [0.717, 1.165) is 37.5 Å². The van der Waals surface area contributed by atoms with Gasteiger partial charge in [-0.05, 0) is 41.0 Å². The third-order valence-corrected chi connectivity index (χ3v) is 5.23. The molecule has 5 rings (SSSR count). The molecular formula is C24H15BrO. The zero-order valence-corrected chi connectivity index (χ0v) is 15.5. The Morgan fingerprint density at radius 1 is 0.577 bits per heavy atom. The van der Waals surface area contributed by atoms with Crippen LogP contribution in [0.1, 0.15) is 0 Å². The number of benzene rings is 4. The molecule has 1 heterocycles. The number of hydrogen-bond donors (Lipinski definition) is 0. The van der Waals surface area contributed by atoms with Crippen LogP contribution in [0.3, 0.4) is 0 Å². The number of fused-ring (bicyclic) bond motifs is 3. The van der Waals surface area contributed by atoms with Crippen molar-refractivity contribution >= 4 is 37.9 Å². The molecule has 1 aromatic heterocycles. The Morgan fingerprint density at radius 2 is 1.38 bits per heavy atom. The second kappa shape index (κ2) is 6.15. The number of furan rings is 1.